The van der Waals surface area contributed by atoms with Crippen molar-refractivity contribution in [1.82, 2.24) is 5.32 Å². The molecule has 1 atom stereocenters. The molecule has 0 bridgehead atoms. The van der Waals surface area contributed by atoms with Crippen molar-refractivity contribution in [3.63, 3.8) is 0 Å². The van der Waals surface area contributed by atoms with Crippen LogP contribution in [-0.2, 0) is 0 Å². The van der Waals surface area contributed by atoms with Crippen LogP contribution >= 0.6 is 23.2 Å². The van der Waals surface area contributed by atoms with Gasteiger partial charge in [-0.2, -0.15) is 0 Å². The first-order chi connectivity index (χ1) is 8.54. The van der Waals surface area contributed by atoms with E-state index in [2.05, 4.69) is 25.2 Å². The van der Waals surface area contributed by atoms with Crippen LogP contribution in [0.5, 0.6) is 0 Å². The van der Waals surface area contributed by atoms with Gasteiger partial charge in [0.2, 0.25) is 0 Å². The van der Waals surface area contributed by atoms with Gasteiger partial charge in [-0.3, -0.25) is 0 Å². The zero-order valence-electron chi connectivity index (χ0n) is 11.1. The molecule has 0 spiro atoms. The SMILES string of the molecule is CCC(NCC1(C)CCC1)c1ccc(Cl)c(Cl)c1. The summed E-state index contributed by atoms with van der Waals surface area (Å²) in [5, 5.41) is 4.94. The monoisotopic (exact) mass is 285 g/mol. The average molecular weight is 286 g/mol. The van der Waals surface area contributed by atoms with E-state index in [-0.39, 0.29) is 0 Å². The first kappa shape index (κ1) is 14.2. The number of rotatable bonds is 5. The number of nitrogens with one attached hydrogen (secondary N) is 1. The Morgan fingerprint density at radius 3 is 2.50 bits per heavy atom. The summed E-state index contributed by atoms with van der Waals surface area (Å²) in [6.07, 6.45) is 5.13. The van der Waals surface area contributed by atoms with E-state index in [1.54, 1.807) is 0 Å². The molecule has 0 radical (unpaired) electrons. The van der Waals surface area contributed by atoms with Crippen molar-refractivity contribution in [3.8, 4) is 0 Å². The van der Waals surface area contributed by atoms with E-state index in [9.17, 15) is 0 Å². The van der Waals surface area contributed by atoms with Gasteiger partial charge in [0, 0.05) is 12.6 Å². The fourth-order valence-corrected chi connectivity index (χ4v) is 2.86. The van der Waals surface area contributed by atoms with Crippen LogP contribution in [0.3, 0.4) is 0 Å². The lowest BCUT2D eigenvalue weighted by Gasteiger charge is -2.39. The van der Waals surface area contributed by atoms with E-state index < -0.39 is 0 Å². The van der Waals surface area contributed by atoms with E-state index in [1.807, 2.05) is 12.1 Å². The van der Waals surface area contributed by atoms with Crippen LogP contribution in [0.2, 0.25) is 10.0 Å². The van der Waals surface area contributed by atoms with Gasteiger partial charge in [-0.15, -0.1) is 0 Å². The molecule has 1 N–H and O–H groups in total. The lowest BCUT2D eigenvalue weighted by molar-refractivity contribution is 0.150. The highest BCUT2D eigenvalue weighted by molar-refractivity contribution is 6.42. The molecule has 18 heavy (non-hydrogen) atoms. The Balaban J connectivity index is 2.01. The standard InChI is InChI=1S/C15H21Cl2N/c1-3-14(18-10-15(2)7-4-8-15)11-5-6-12(16)13(17)9-11/h5-6,9,14,18H,3-4,7-8,10H2,1-2H3. The molecule has 1 aliphatic carbocycles. The van der Waals surface area contributed by atoms with Gasteiger partial charge in [0.1, 0.15) is 0 Å². The molecule has 1 aliphatic rings. The second-order valence-electron chi connectivity index (χ2n) is 5.68. The van der Waals surface area contributed by atoms with Crippen LogP contribution in [0.1, 0.15) is 51.1 Å². The first-order valence-electron chi connectivity index (χ1n) is 6.72. The zero-order valence-corrected chi connectivity index (χ0v) is 12.6. The molecule has 0 aromatic heterocycles. The molecule has 1 unspecified atom stereocenters. The van der Waals surface area contributed by atoms with Gasteiger partial charge in [-0.25, -0.2) is 0 Å². The molecular weight excluding hydrogens is 265 g/mol. The van der Waals surface area contributed by atoms with Crippen LogP contribution in [0.15, 0.2) is 18.2 Å². The van der Waals surface area contributed by atoms with Crippen molar-refractivity contribution in [1.29, 1.82) is 0 Å². The third-order valence-corrected chi connectivity index (χ3v) is 4.83. The summed E-state index contributed by atoms with van der Waals surface area (Å²) in [5.74, 6) is 0. The summed E-state index contributed by atoms with van der Waals surface area (Å²) in [4.78, 5) is 0. The molecule has 3 heteroatoms. The summed E-state index contributed by atoms with van der Waals surface area (Å²) in [6, 6.07) is 6.30. The van der Waals surface area contributed by atoms with E-state index in [0.717, 1.165) is 13.0 Å². The average Bonchev–Trinajstić information content (AvgIpc) is 2.32. The van der Waals surface area contributed by atoms with Crippen LogP contribution in [-0.4, -0.2) is 6.54 Å². The minimum Gasteiger partial charge on any atom is -0.309 e. The van der Waals surface area contributed by atoms with Gasteiger partial charge in [0.05, 0.1) is 10.0 Å². The molecule has 2 rings (SSSR count). The number of benzene rings is 1. The minimum absolute atomic E-state index is 0.372. The maximum atomic E-state index is 6.08. The van der Waals surface area contributed by atoms with E-state index in [4.69, 9.17) is 23.2 Å². The lowest BCUT2D eigenvalue weighted by Crippen LogP contribution is -2.38. The lowest BCUT2D eigenvalue weighted by atomic mass is 9.70. The molecule has 0 amide bonds. The molecule has 0 saturated heterocycles. The van der Waals surface area contributed by atoms with E-state index in [0.29, 0.717) is 21.5 Å². The molecule has 100 valence electrons. The summed E-state index contributed by atoms with van der Waals surface area (Å²) in [5.41, 5.74) is 1.73. The van der Waals surface area contributed by atoms with Gasteiger partial charge >= 0.3 is 0 Å². The van der Waals surface area contributed by atoms with Crippen LogP contribution in [0.25, 0.3) is 0 Å². The van der Waals surface area contributed by atoms with E-state index >= 15 is 0 Å². The minimum atomic E-state index is 0.372. The van der Waals surface area contributed by atoms with Crippen molar-refractivity contribution in [2.45, 2.75) is 45.6 Å². The molecule has 1 aromatic carbocycles. The van der Waals surface area contributed by atoms with Gasteiger partial charge in [-0.1, -0.05) is 49.5 Å². The summed E-state index contributed by atoms with van der Waals surface area (Å²) in [7, 11) is 0. The largest absolute Gasteiger partial charge is 0.309 e. The Morgan fingerprint density at radius 2 is 2.00 bits per heavy atom. The highest BCUT2D eigenvalue weighted by atomic mass is 35.5. The van der Waals surface area contributed by atoms with Gasteiger partial charge < -0.3 is 5.32 Å². The quantitative estimate of drug-likeness (QED) is 0.782. The van der Waals surface area contributed by atoms with Crippen molar-refractivity contribution in [3.05, 3.63) is 33.8 Å². The van der Waals surface area contributed by atoms with E-state index in [1.165, 1.54) is 24.8 Å². The maximum absolute atomic E-state index is 6.08. The fraction of sp³-hybridized carbons (Fsp3) is 0.600. The Labute approximate surface area is 120 Å². The molecule has 1 nitrogen and oxygen atoms in total. The van der Waals surface area contributed by atoms with Crippen LogP contribution in [0, 0.1) is 5.41 Å². The van der Waals surface area contributed by atoms with Crippen LogP contribution in [0.4, 0.5) is 0 Å². The molecule has 0 aliphatic heterocycles. The Morgan fingerprint density at radius 1 is 1.28 bits per heavy atom. The van der Waals surface area contributed by atoms with Gasteiger partial charge in [-0.05, 0) is 42.4 Å². The first-order valence-corrected chi connectivity index (χ1v) is 7.48. The Kier molecular flexibility index (Phi) is 4.58. The summed E-state index contributed by atoms with van der Waals surface area (Å²) < 4.78 is 0. The number of hydrogen-bond acceptors (Lipinski definition) is 1. The third kappa shape index (κ3) is 3.20. The molecule has 0 heterocycles. The van der Waals surface area contributed by atoms with Gasteiger partial charge in [0.15, 0.2) is 0 Å². The molecule has 1 aromatic rings. The smallest absolute Gasteiger partial charge is 0.0595 e. The van der Waals surface area contributed by atoms with Crippen molar-refractivity contribution in [2.75, 3.05) is 6.54 Å². The summed E-state index contributed by atoms with van der Waals surface area (Å²) >= 11 is 12.0. The molecule has 1 saturated carbocycles. The fourth-order valence-electron chi connectivity index (χ4n) is 2.55. The van der Waals surface area contributed by atoms with Crippen molar-refractivity contribution < 1.29 is 0 Å². The maximum Gasteiger partial charge on any atom is 0.0595 e. The molecular formula is C15H21Cl2N. The Hall–Kier alpha value is -0.240. The van der Waals surface area contributed by atoms with Crippen LogP contribution < -0.4 is 5.32 Å². The zero-order chi connectivity index (χ0) is 13.2. The van der Waals surface area contributed by atoms with Gasteiger partial charge in [0.25, 0.3) is 0 Å². The third-order valence-electron chi connectivity index (χ3n) is 4.09. The molecule has 1 fully saturated rings. The van der Waals surface area contributed by atoms with Crippen molar-refractivity contribution in [2.24, 2.45) is 5.41 Å². The number of hydrogen-bond donors (Lipinski definition) is 1. The normalized spacial score (nSPS) is 19.3. The second-order valence-corrected chi connectivity index (χ2v) is 6.49. The highest BCUT2D eigenvalue weighted by Crippen LogP contribution is 2.40. The predicted octanol–water partition coefficient (Wildman–Crippen LogP) is 5.22. The predicted molar refractivity (Wildman–Crippen MR) is 79.5 cm³/mol. The topological polar surface area (TPSA) is 12.0 Å². The Bertz CT molecular complexity index is 413. The summed E-state index contributed by atoms with van der Waals surface area (Å²) in [6.45, 7) is 5.65. The second kappa shape index (κ2) is 5.81. The highest BCUT2D eigenvalue weighted by Gasteiger charge is 2.31. The number of halogens is 2. The van der Waals surface area contributed by atoms with Crippen molar-refractivity contribution >= 4 is 23.2 Å².